The Balaban J connectivity index is 0.00000125. The fraction of sp³-hybridized carbons (Fsp3) is 0.529. The summed E-state index contributed by atoms with van der Waals surface area (Å²) in [5.41, 5.74) is 1.74. The molecule has 0 fully saturated rings. The number of unbranched alkanes of at least 4 members (excludes halogenated alkanes) is 1. The maximum absolute atomic E-state index is 8.49. The van der Waals surface area contributed by atoms with Gasteiger partial charge in [0.05, 0.1) is 5.69 Å². The third-order valence-electron chi connectivity index (χ3n) is 3.38. The number of nitrogens with zero attached hydrogens (tertiary/aromatic N) is 5. The van der Waals surface area contributed by atoms with E-state index in [1.165, 1.54) is 0 Å². The van der Waals surface area contributed by atoms with Crippen LogP contribution in [-0.2, 0) is 17.1 Å². The monoisotopic (exact) mass is 490 g/mol. The third kappa shape index (κ3) is 17.2. The summed E-state index contributed by atoms with van der Waals surface area (Å²) in [7, 11) is -4.94. The maximum atomic E-state index is 8.49. The molecule has 0 bridgehead atoms. The number of H-pyrrole nitrogens is 1. The standard InChI is InChI=1S/C17H26N7.ClHO4.Cu/c1-14-21-12-16(23-14)10-19-7-4-3-6-18-8-5-9-20-11-17-13-22-15(2)24-17;2-1(3,4)5;/h10-13,18H,3-9H2,1-2H3,(H-,21,22,23,24);(H,2,3,4,5);/q-1;;+2/p-1. The summed E-state index contributed by atoms with van der Waals surface area (Å²) in [6.45, 7) is 7.48. The maximum Gasteiger partial charge on any atom is 2.00 e. The van der Waals surface area contributed by atoms with Crippen molar-refractivity contribution in [2.24, 2.45) is 9.98 Å². The van der Waals surface area contributed by atoms with Gasteiger partial charge in [-0.3, -0.25) is 9.98 Å². The molecule has 0 saturated heterocycles. The Morgan fingerprint density at radius 3 is 2.17 bits per heavy atom. The molecule has 2 N–H and O–H groups in total. The zero-order valence-electron chi connectivity index (χ0n) is 16.8. The van der Waals surface area contributed by atoms with E-state index >= 15 is 0 Å². The third-order valence-corrected chi connectivity index (χ3v) is 3.38. The van der Waals surface area contributed by atoms with E-state index in [2.05, 4.69) is 35.2 Å². The van der Waals surface area contributed by atoms with Gasteiger partial charge in [0.25, 0.3) is 0 Å². The number of imidazole rings is 2. The molecule has 0 aliphatic heterocycles. The summed E-state index contributed by atoms with van der Waals surface area (Å²) in [6, 6.07) is 0. The summed E-state index contributed by atoms with van der Waals surface area (Å²) in [6.07, 6.45) is 10.5. The fourth-order valence-electron chi connectivity index (χ4n) is 2.16. The smallest absolute Gasteiger partial charge is 0.446 e. The predicted octanol–water partition coefficient (Wildman–Crippen LogP) is -3.08. The van der Waals surface area contributed by atoms with Crippen LogP contribution in [0.5, 0.6) is 0 Å². The van der Waals surface area contributed by atoms with Crippen molar-refractivity contribution in [2.45, 2.75) is 33.1 Å². The van der Waals surface area contributed by atoms with E-state index in [1.54, 1.807) is 12.4 Å². The molecule has 0 aromatic carbocycles. The van der Waals surface area contributed by atoms with E-state index in [1.807, 2.05) is 26.3 Å². The normalized spacial score (nSPS) is 11.5. The summed E-state index contributed by atoms with van der Waals surface area (Å²) in [5.74, 6) is 1.71. The van der Waals surface area contributed by atoms with Crippen molar-refractivity contribution in [3.05, 3.63) is 35.4 Å². The van der Waals surface area contributed by atoms with Crippen LogP contribution in [0.1, 0.15) is 42.3 Å². The van der Waals surface area contributed by atoms with E-state index < -0.39 is 10.2 Å². The minimum atomic E-state index is -4.94. The molecule has 0 amide bonds. The van der Waals surface area contributed by atoms with Gasteiger partial charge in [-0.2, -0.15) is 0 Å². The Kier molecular flexibility index (Phi) is 15.2. The number of aromatic amines is 1. The number of hydrogen-bond acceptors (Lipinski definition) is 9. The summed E-state index contributed by atoms with van der Waals surface area (Å²) < 4.78 is 34.0. The Labute approximate surface area is 188 Å². The summed E-state index contributed by atoms with van der Waals surface area (Å²) >= 11 is 0. The van der Waals surface area contributed by atoms with Crippen LogP contribution >= 0.6 is 0 Å². The van der Waals surface area contributed by atoms with Crippen LogP contribution in [-0.4, -0.2) is 53.6 Å². The van der Waals surface area contributed by atoms with E-state index in [0.717, 1.165) is 68.5 Å². The molecule has 13 heteroatoms. The topological polar surface area (TPSA) is 185 Å². The van der Waals surface area contributed by atoms with Crippen LogP contribution in [0, 0.1) is 24.1 Å². The Hall–Kier alpha value is -1.63. The fourth-order valence-corrected chi connectivity index (χ4v) is 2.16. The van der Waals surface area contributed by atoms with Gasteiger partial charge in [-0.1, -0.05) is 12.0 Å². The molecule has 2 heterocycles. The van der Waals surface area contributed by atoms with Crippen LogP contribution in [0.15, 0.2) is 22.4 Å². The molecule has 1 radical (unpaired) electrons. The van der Waals surface area contributed by atoms with Crippen molar-refractivity contribution < 1.29 is 45.9 Å². The molecule has 30 heavy (non-hydrogen) atoms. The number of hydrogen-bond donors (Lipinski definition) is 2. The Bertz CT molecular complexity index is 684. The quantitative estimate of drug-likeness (QED) is 0.188. The van der Waals surface area contributed by atoms with Gasteiger partial charge < -0.3 is 20.3 Å². The van der Waals surface area contributed by atoms with Gasteiger partial charge in [0.1, 0.15) is 5.82 Å². The zero-order chi connectivity index (χ0) is 21.5. The van der Waals surface area contributed by atoms with E-state index in [-0.39, 0.29) is 17.1 Å². The molecule has 0 saturated carbocycles. The molecule has 0 atom stereocenters. The van der Waals surface area contributed by atoms with Gasteiger partial charge in [-0.15, -0.1) is 10.2 Å². The molecule has 2 rings (SSSR count). The first-order valence-electron chi connectivity index (χ1n) is 9.04. The first-order chi connectivity index (χ1) is 13.7. The van der Waals surface area contributed by atoms with Crippen LogP contribution in [0.25, 0.3) is 0 Å². The molecule has 0 aliphatic carbocycles. The van der Waals surface area contributed by atoms with Gasteiger partial charge in [0.15, 0.2) is 0 Å². The van der Waals surface area contributed by atoms with Crippen molar-refractivity contribution in [3.63, 3.8) is 0 Å². The Morgan fingerprint density at radius 1 is 1.00 bits per heavy atom. The first-order valence-corrected chi connectivity index (χ1v) is 10.3. The number of halogens is 1. The molecule has 2 aromatic heterocycles. The minimum Gasteiger partial charge on any atom is -0.446 e. The predicted molar refractivity (Wildman–Crippen MR) is 97.3 cm³/mol. The number of rotatable bonds is 11. The first kappa shape index (κ1) is 28.4. The second kappa shape index (κ2) is 16.1. The number of aliphatic imine (C=N–C) groups is 2. The molecular weight excluding hydrogens is 465 g/mol. The largest absolute Gasteiger partial charge is 2.00 e. The second-order valence-electron chi connectivity index (χ2n) is 6.01. The van der Waals surface area contributed by atoms with Crippen molar-refractivity contribution in [2.75, 3.05) is 26.2 Å². The molecule has 0 unspecified atom stereocenters. The van der Waals surface area contributed by atoms with Crippen molar-refractivity contribution >= 4 is 12.4 Å². The summed E-state index contributed by atoms with van der Waals surface area (Å²) in [4.78, 5) is 24.3. The van der Waals surface area contributed by atoms with Crippen LogP contribution in [0.4, 0.5) is 0 Å². The van der Waals surface area contributed by atoms with Crippen LogP contribution in [0.2, 0.25) is 0 Å². The van der Waals surface area contributed by atoms with E-state index in [0.29, 0.717) is 0 Å². The van der Waals surface area contributed by atoms with Crippen molar-refractivity contribution in [3.8, 4) is 0 Å². The zero-order valence-corrected chi connectivity index (χ0v) is 18.5. The second-order valence-corrected chi connectivity index (χ2v) is 6.77. The minimum absolute atomic E-state index is 0. The number of aryl methyl sites for hydroxylation is 2. The van der Waals surface area contributed by atoms with Gasteiger partial charge in [-0.25, -0.2) is 23.6 Å². The summed E-state index contributed by atoms with van der Waals surface area (Å²) in [5, 5.41) is 3.43. The molecule has 2 aromatic rings. The SMILES string of the molecule is Cc1nc(C=NCCCNCCCCN=Cc2c[nH]c(C)n2)c[n-]1.[Cu+2].[O-][Cl+3]([O-])([O-])[O-]. The van der Waals surface area contributed by atoms with Crippen LogP contribution in [0.3, 0.4) is 0 Å². The van der Waals surface area contributed by atoms with Gasteiger partial charge in [-0.05, 0) is 51.9 Å². The Morgan fingerprint density at radius 2 is 1.60 bits per heavy atom. The number of aromatic nitrogens is 4. The van der Waals surface area contributed by atoms with E-state index in [4.69, 9.17) is 18.6 Å². The molecule has 0 spiro atoms. The van der Waals surface area contributed by atoms with Gasteiger partial charge in [0.2, 0.25) is 0 Å². The van der Waals surface area contributed by atoms with Gasteiger partial charge >= 0.3 is 17.1 Å². The van der Waals surface area contributed by atoms with Crippen LogP contribution < -0.4 is 28.9 Å². The molecule has 11 nitrogen and oxygen atoms in total. The van der Waals surface area contributed by atoms with Crippen molar-refractivity contribution in [1.82, 2.24) is 25.3 Å². The average Bonchev–Trinajstić information content (AvgIpc) is 3.22. The van der Waals surface area contributed by atoms with Crippen molar-refractivity contribution in [1.29, 1.82) is 0 Å². The average molecular weight is 491 g/mol. The van der Waals surface area contributed by atoms with Gasteiger partial charge in [0, 0.05) is 31.7 Å². The molecule has 0 aliphatic rings. The van der Waals surface area contributed by atoms with E-state index in [9.17, 15) is 0 Å². The molecule has 171 valence electrons. The number of nitrogens with one attached hydrogen (secondary N) is 2. The molecular formula is C17H26ClCuN7O4.